The highest BCUT2D eigenvalue weighted by molar-refractivity contribution is 5.56. The summed E-state index contributed by atoms with van der Waals surface area (Å²) in [5.41, 5.74) is 1.07. The quantitative estimate of drug-likeness (QED) is 0.696. The van der Waals surface area contributed by atoms with Gasteiger partial charge in [0.2, 0.25) is 0 Å². The second-order valence-corrected chi connectivity index (χ2v) is 4.32. The lowest BCUT2D eigenvalue weighted by Crippen LogP contribution is -2.09. The van der Waals surface area contributed by atoms with Crippen LogP contribution in [-0.4, -0.2) is 37.3 Å². The normalized spacial score (nSPS) is 10.4. The Morgan fingerprint density at radius 3 is 2.44 bits per heavy atom. The standard InChI is InChI=1S/C13H24N4O/c1-10-12(14-3)16-11(2)17-13(10)15-8-6-5-7-9-18-4/h5-9H2,1-4H3,(H2,14,15,16,17). The molecule has 102 valence electrons. The van der Waals surface area contributed by atoms with Crippen LogP contribution in [0.5, 0.6) is 0 Å². The number of hydrogen-bond acceptors (Lipinski definition) is 5. The molecule has 0 saturated carbocycles. The fraction of sp³-hybridized carbons (Fsp3) is 0.692. The van der Waals surface area contributed by atoms with Crippen molar-refractivity contribution in [3.8, 4) is 0 Å². The lowest BCUT2D eigenvalue weighted by Gasteiger charge is -2.12. The van der Waals surface area contributed by atoms with E-state index in [1.54, 1.807) is 7.11 Å². The Morgan fingerprint density at radius 2 is 1.78 bits per heavy atom. The molecule has 0 unspecified atom stereocenters. The van der Waals surface area contributed by atoms with Crippen LogP contribution >= 0.6 is 0 Å². The molecule has 0 aliphatic heterocycles. The van der Waals surface area contributed by atoms with Crippen LogP contribution in [0.2, 0.25) is 0 Å². The highest BCUT2D eigenvalue weighted by Gasteiger charge is 2.06. The van der Waals surface area contributed by atoms with Crippen LogP contribution in [0.3, 0.4) is 0 Å². The molecule has 1 heterocycles. The van der Waals surface area contributed by atoms with E-state index in [1.165, 1.54) is 6.42 Å². The third kappa shape index (κ3) is 4.49. The van der Waals surface area contributed by atoms with Gasteiger partial charge in [-0.2, -0.15) is 0 Å². The fourth-order valence-electron chi connectivity index (χ4n) is 1.80. The predicted molar refractivity (Wildman–Crippen MR) is 75.3 cm³/mol. The molecule has 0 aliphatic rings. The topological polar surface area (TPSA) is 59.1 Å². The number of nitrogens with zero attached hydrogens (tertiary/aromatic N) is 2. The third-order valence-corrected chi connectivity index (χ3v) is 2.81. The van der Waals surface area contributed by atoms with Gasteiger partial charge in [-0.15, -0.1) is 0 Å². The van der Waals surface area contributed by atoms with E-state index in [0.29, 0.717) is 0 Å². The molecular formula is C13H24N4O. The van der Waals surface area contributed by atoms with E-state index in [2.05, 4.69) is 20.6 Å². The van der Waals surface area contributed by atoms with Crippen molar-refractivity contribution < 1.29 is 4.74 Å². The van der Waals surface area contributed by atoms with E-state index in [9.17, 15) is 0 Å². The molecule has 5 nitrogen and oxygen atoms in total. The molecule has 18 heavy (non-hydrogen) atoms. The molecule has 2 N–H and O–H groups in total. The van der Waals surface area contributed by atoms with Gasteiger partial charge in [0.25, 0.3) is 0 Å². The number of nitrogens with one attached hydrogen (secondary N) is 2. The van der Waals surface area contributed by atoms with Crippen molar-refractivity contribution in [1.29, 1.82) is 0 Å². The van der Waals surface area contributed by atoms with Crippen LogP contribution in [0, 0.1) is 13.8 Å². The summed E-state index contributed by atoms with van der Waals surface area (Å²) in [5, 5.41) is 6.46. The smallest absolute Gasteiger partial charge is 0.134 e. The van der Waals surface area contributed by atoms with Crippen molar-refractivity contribution in [2.45, 2.75) is 33.1 Å². The average molecular weight is 252 g/mol. The minimum absolute atomic E-state index is 0.784. The van der Waals surface area contributed by atoms with Gasteiger partial charge in [-0.05, 0) is 33.1 Å². The van der Waals surface area contributed by atoms with Crippen LogP contribution in [0.25, 0.3) is 0 Å². The first kappa shape index (κ1) is 14.7. The summed E-state index contributed by atoms with van der Waals surface area (Å²) < 4.78 is 5.02. The molecule has 0 bridgehead atoms. The summed E-state index contributed by atoms with van der Waals surface area (Å²) >= 11 is 0. The summed E-state index contributed by atoms with van der Waals surface area (Å²) in [6.07, 6.45) is 3.41. The molecule has 0 amide bonds. The Kier molecular flexibility index (Phi) is 6.43. The van der Waals surface area contributed by atoms with Crippen LogP contribution in [0.15, 0.2) is 0 Å². The first-order valence-corrected chi connectivity index (χ1v) is 6.44. The molecule has 1 rings (SSSR count). The van der Waals surface area contributed by atoms with Crippen LogP contribution in [-0.2, 0) is 4.74 Å². The number of anilines is 2. The molecule has 0 spiro atoms. The molecule has 0 aliphatic carbocycles. The maximum Gasteiger partial charge on any atom is 0.134 e. The number of aryl methyl sites for hydroxylation is 1. The van der Waals surface area contributed by atoms with Crippen LogP contribution in [0.4, 0.5) is 11.6 Å². The molecular weight excluding hydrogens is 228 g/mol. The maximum atomic E-state index is 5.02. The lowest BCUT2D eigenvalue weighted by atomic mass is 10.2. The molecule has 0 fully saturated rings. The fourth-order valence-corrected chi connectivity index (χ4v) is 1.80. The molecule has 0 aromatic carbocycles. The van der Waals surface area contributed by atoms with Crippen molar-refractivity contribution in [3.05, 3.63) is 11.4 Å². The summed E-state index contributed by atoms with van der Waals surface area (Å²) in [7, 11) is 3.62. The van der Waals surface area contributed by atoms with Gasteiger partial charge >= 0.3 is 0 Å². The van der Waals surface area contributed by atoms with Gasteiger partial charge in [0, 0.05) is 32.9 Å². The zero-order valence-electron chi connectivity index (χ0n) is 11.8. The Hall–Kier alpha value is -1.36. The third-order valence-electron chi connectivity index (χ3n) is 2.81. The number of aromatic nitrogens is 2. The number of ether oxygens (including phenoxy) is 1. The van der Waals surface area contributed by atoms with Gasteiger partial charge in [0.1, 0.15) is 17.5 Å². The Morgan fingerprint density at radius 1 is 1.06 bits per heavy atom. The van der Waals surface area contributed by atoms with Crippen molar-refractivity contribution in [2.75, 3.05) is 37.9 Å². The average Bonchev–Trinajstić information content (AvgIpc) is 2.37. The van der Waals surface area contributed by atoms with Gasteiger partial charge in [0.15, 0.2) is 0 Å². The van der Waals surface area contributed by atoms with Crippen molar-refractivity contribution in [3.63, 3.8) is 0 Å². The maximum absolute atomic E-state index is 5.02. The van der Waals surface area contributed by atoms with E-state index >= 15 is 0 Å². The molecule has 0 radical (unpaired) electrons. The highest BCUT2D eigenvalue weighted by atomic mass is 16.5. The Bertz CT molecular complexity index is 368. The second-order valence-electron chi connectivity index (χ2n) is 4.32. The van der Waals surface area contributed by atoms with Gasteiger partial charge in [-0.25, -0.2) is 9.97 Å². The van der Waals surface area contributed by atoms with Gasteiger partial charge < -0.3 is 15.4 Å². The van der Waals surface area contributed by atoms with Gasteiger partial charge in [-0.3, -0.25) is 0 Å². The van der Waals surface area contributed by atoms with Gasteiger partial charge in [-0.1, -0.05) is 0 Å². The summed E-state index contributed by atoms with van der Waals surface area (Å²) in [6.45, 7) is 5.71. The largest absolute Gasteiger partial charge is 0.385 e. The molecule has 5 heteroatoms. The predicted octanol–water partition coefficient (Wildman–Crippen LogP) is 2.36. The Balaban J connectivity index is 2.44. The number of methoxy groups -OCH3 is 1. The molecule has 1 aromatic rings. The number of unbranched alkanes of at least 4 members (excludes halogenated alkanes) is 2. The summed E-state index contributed by atoms with van der Waals surface area (Å²) in [5.74, 6) is 2.61. The van der Waals surface area contributed by atoms with Crippen molar-refractivity contribution in [2.24, 2.45) is 0 Å². The highest BCUT2D eigenvalue weighted by Crippen LogP contribution is 2.19. The summed E-state index contributed by atoms with van der Waals surface area (Å²) in [6, 6.07) is 0. The van der Waals surface area contributed by atoms with Crippen LogP contribution in [0.1, 0.15) is 30.7 Å². The monoisotopic (exact) mass is 252 g/mol. The second kappa shape index (κ2) is 7.87. The van der Waals surface area contributed by atoms with E-state index in [0.717, 1.165) is 49.0 Å². The van der Waals surface area contributed by atoms with Crippen LogP contribution < -0.4 is 10.6 Å². The molecule has 0 saturated heterocycles. The zero-order chi connectivity index (χ0) is 13.4. The first-order valence-electron chi connectivity index (χ1n) is 6.44. The van der Waals surface area contributed by atoms with E-state index in [1.807, 2.05) is 20.9 Å². The number of hydrogen-bond donors (Lipinski definition) is 2. The van der Waals surface area contributed by atoms with E-state index in [4.69, 9.17) is 4.74 Å². The zero-order valence-corrected chi connectivity index (χ0v) is 11.8. The SMILES string of the molecule is CNc1nc(C)nc(NCCCCCOC)c1C. The molecule has 1 aromatic heterocycles. The lowest BCUT2D eigenvalue weighted by molar-refractivity contribution is 0.192. The number of rotatable bonds is 8. The summed E-state index contributed by atoms with van der Waals surface area (Å²) in [4.78, 5) is 8.77. The van der Waals surface area contributed by atoms with Crippen molar-refractivity contribution >= 4 is 11.6 Å². The minimum atomic E-state index is 0.784. The van der Waals surface area contributed by atoms with Gasteiger partial charge in [0.05, 0.1) is 0 Å². The van der Waals surface area contributed by atoms with E-state index in [-0.39, 0.29) is 0 Å². The van der Waals surface area contributed by atoms with E-state index < -0.39 is 0 Å². The first-order chi connectivity index (χ1) is 8.69. The Labute approximate surface area is 109 Å². The minimum Gasteiger partial charge on any atom is -0.385 e. The molecule has 0 atom stereocenters. The van der Waals surface area contributed by atoms with Crippen molar-refractivity contribution in [1.82, 2.24) is 9.97 Å².